The molecule has 0 saturated heterocycles. The van der Waals surface area contributed by atoms with Crippen molar-refractivity contribution in [2.75, 3.05) is 4.90 Å². The molecule has 238 valence electrons. The van der Waals surface area contributed by atoms with E-state index in [9.17, 15) is 0 Å². The molecular formula is C50H33N. The Morgan fingerprint density at radius 1 is 0.255 bits per heavy atom. The van der Waals surface area contributed by atoms with Crippen LogP contribution in [0.2, 0.25) is 0 Å². The molecule has 51 heavy (non-hydrogen) atoms. The zero-order chi connectivity index (χ0) is 33.7. The third kappa shape index (κ3) is 4.94. The molecule has 0 aromatic heterocycles. The fourth-order valence-corrected chi connectivity index (χ4v) is 7.99. The van der Waals surface area contributed by atoms with Crippen LogP contribution < -0.4 is 4.90 Å². The summed E-state index contributed by atoms with van der Waals surface area (Å²) in [4.78, 5) is 2.39. The molecule has 0 bridgehead atoms. The molecule has 0 saturated carbocycles. The Kier molecular flexibility index (Phi) is 6.89. The van der Waals surface area contributed by atoms with Crippen molar-refractivity contribution in [1.82, 2.24) is 0 Å². The minimum Gasteiger partial charge on any atom is -0.310 e. The minimum absolute atomic E-state index is 1.12. The SMILES string of the molecule is c1ccc(N(c2ccc(-c3cccc4ccccc34)cc2)c2ccc(-c3ccc4ccc5c6ccccc6ccc5c4c3)c3ccccc23)cc1. The van der Waals surface area contributed by atoms with Crippen molar-refractivity contribution in [3.63, 3.8) is 0 Å². The van der Waals surface area contributed by atoms with Gasteiger partial charge >= 0.3 is 0 Å². The highest BCUT2D eigenvalue weighted by Gasteiger charge is 2.18. The molecule has 0 unspecified atom stereocenters. The molecule has 0 spiro atoms. The lowest BCUT2D eigenvalue weighted by Crippen LogP contribution is -2.10. The standard InChI is InChI=1S/C50H33N/c1-2-14-39(15-3-1)51(40-27-23-36(24-28-40)42-20-10-13-34-11-4-6-16-41(34)42)50-32-31-44(45-18-8-9-19-48(45)50)38-22-21-37-26-29-46-43-17-7-5-12-35(43)25-30-47(46)49(37)33-38/h1-33H. The monoisotopic (exact) mass is 647 g/mol. The Labute approximate surface area is 297 Å². The predicted molar refractivity (Wildman–Crippen MR) is 220 cm³/mol. The van der Waals surface area contributed by atoms with Crippen LogP contribution >= 0.6 is 0 Å². The van der Waals surface area contributed by atoms with Gasteiger partial charge in [-0.25, -0.2) is 0 Å². The number of benzene rings is 10. The van der Waals surface area contributed by atoms with Gasteiger partial charge in [0.15, 0.2) is 0 Å². The van der Waals surface area contributed by atoms with E-state index in [4.69, 9.17) is 0 Å². The van der Waals surface area contributed by atoms with E-state index in [0.717, 1.165) is 17.1 Å². The van der Waals surface area contributed by atoms with E-state index < -0.39 is 0 Å². The average Bonchev–Trinajstić information content (AvgIpc) is 3.21. The van der Waals surface area contributed by atoms with Crippen molar-refractivity contribution >= 4 is 70.9 Å². The molecule has 0 amide bonds. The van der Waals surface area contributed by atoms with Crippen LogP contribution in [-0.4, -0.2) is 0 Å². The molecule has 0 fully saturated rings. The van der Waals surface area contributed by atoms with E-state index in [0.29, 0.717) is 0 Å². The van der Waals surface area contributed by atoms with Crippen LogP contribution in [0.5, 0.6) is 0 Å². The molecule has 10 rings (SSSR count). The van der Waals surface area contributed by atoms with Crippen molar-refractivity contribution in [2.45, 2.75) is 0 Å². The summed E-state index contributed by atoms with van der Waals surface area (Å²) in [6.45, 7) is 0. The molecule has 0 aliphatic heterocycles. The normalized spacial score (nSPS) is 11.5. The Morgan fingerprint density at radius 3 is 1.57 bits per heavy atom. The predicted octanol–water partition coefficient (Wildman–Crippen LogP) is 14.3. The van der Waals surface area contributed by atoms with Crippen molar-refractivity contribution in [2.24, 2.45) is 0 Å². The second kappa shape index (κ2) is 12.0. The van der Waals surface area contributed by atoms with E-state index in [1.165, 1.54) is 76.1 Å². The highest BCUT2D eigenvalue weighted by molar-refractivity contribution is 6.18. The summed E-state index contributed by atoms with van der Waals surface area (Å²) >= 11 is 0. The summed E-state index contributed by atoms with van der Waals surface area (Å²) < 4.78 is 0. The zero-order valence-corrected chi connectivity index (χ0v) is 28.0. The molecule has 0 radical (unpaired) electrons. The number of para-hydroxylation sites is 1. The van der Waals surface area contributed by atoms with Gasteiger partial charge in [-0.3, -0.25) is 0 Å². The van der Waals surface area contributed by atoms with Crippen molar-refractivity contribution in [3.8, 4) is 22.3 Å². The second-order valence-electron chi connectivity index (χ2n) is 13.3. The molecule has 10 aromatic rings. The van der Waals surface area contributed by atoms with E-state index in [1.54, 1.807) is 0 Å². The summed E-state index contributed by atoms with van der Waals surface area (Å²) in [5.41, 5.74) is 8.30. The Bertz CT molecular complexity index is 2900. The highest BCUT2D eigenvalue weighted by atomic mass is 15.1. The first kappa shape index (κ1) is 29.2. The fourth-order valence-electron chi connectivity index (χ4n) is 7.99. The third-order valence-corrected chi connectivity index (χ3v) is 10.4. The van der Waals surface area contributed by atoms with Crippen LogP contribution in [0, 0.1) is 0 Å². The molecule has 0 heterocycles. The number of anilines is 3. The maximum absolute atomic E-state index is 2.39. The summed E-state index contributed by atoms with van der Waals surface area (Å²) in [5, 5.41) is 12.6. The van der Waals surface area contributed by atoms with Gasteiger partial charge in [0.2, 0.25) is 0 Å². The van der Waals surface area contributed by atoms with E-state index in [1.807, 2.05) is 0 Å². The molecule has 0 aliphatic carbocycles. The van der Waals surface area contributed by atoms with Gasteiger partial charge < -0.3 is 4.90 Å². The van der Waals surface area contributed by atoms with Gasteiger partial charge in [0.05, 0.1) is 5.69 Å². The lowest BCUT2D eigenvalue weighted by molar-refractivity contribution is 1.30. The second-order valence-corrected chi connectivity index (χ2v) is 13.3. The van der Waals surface area contributed by atoms with Gasteiger partial charge in [0, 0.05) is 16.8 Å². The quantitative estimate of drug-likeness (QED) is 0.168. The first-order valence-electron chi connectivity index (χ1n) is 17.6. The summed E-state index contributed by atoms with van der Waals surface area (Å²) in [5.74, 6) is 0. The van der Waals surface area contributed by atoms with Gasteiger partial charge in [-0.05, 0) is 107 Å². The fraction of sp³-hybridized carbons (Fsp3) is 0. The van der Waals surface area contributed by atoms with Crippen LogP contribution in [0.25, 0.3) is 76.1 Å². The van der Waals surface area contributed by atoms with Gasteiger partial charge in [-0.1, -0.05) is 164 Å². The number of fused-ring (bicyclic) bond motifs is 7. The molecule has 0 atom stereocenters. The highest BCUT2D eigenvalue weighted by Crippen LogP contribution is 2.43. The number of nitrogens with zero attached hydrogens (tertiary/aromatic N) is 1. The van der Waals surface area contributed by atoms with Crippen LogP contribution in [0.4, 0.5) is 17.1 Å². The minimum atomic E-state index is 1.12. The smallest absolute Gasteiger partial charge is 0.0540 e. The molecule has 1 nitrogen and oxygen atoms in total. The third-order valence-electron chi connectivity index (χ3n) is 10.4. The first-order valence-corrected chi connectivity index (χ1v) is 17.6. The average molecular weight is 648 g/mol. The maximum Gasteiger partial charge on any atom is 0.0540 e. The summed E-state index contributed by atoms with van der Waals surface area (Å²) in [7, 11) is 0. The molecular weight excluding hydrogens is 615 g/mol. The molecule has 1 heteroatoms. The first-order chi connectivity index (χ1) is 25.3. The van der Waals surface area contributed by atoms with Crippen LogP contribution in [-0.2, 0) is 0 Å². The lowest BCUT2D eigenvalue weighted by atomic mass is 9.92. The van der Waals surface area contributed by atoms with Crippen molar-refractivity contribution < 1.29 is 0 Å². The van der Waals surface area contributed by atoms with Gasteiger partial charge in [0.1, 0.15) is 0 Å². The maximum atomic E-state index is 2.39. The van der Waals surface area contributed by atoms with Gasteiger partial charge in [-0.2, -0.15) is 0 Å². The Hall–Kier alpha value is -6.70. The number of hydrogen-bond donors (Lipinski definition) is 0. The van der Waals surface area contributed by atoms with Crippen molar-refractivity contribution in [3.05, 3.63) is 200 Å². The van der Waals surface area contributed by atoms with Crippen LogP contribution in [0.3, 0.4) is 0 Å². The van der Waals surface area contributed by atoms with Gasteiger partial charge in [0.25, 0.3) is 0 Å². The molecule has 10 aromatic carbocycles. The molecule has 0 aliphatic rings. The molecule has 0 N–H and O–H groups in total. The lowest BCUT2D eigenvalue weighted by Gasteiger charge is -2.27. The van der Waals surface area contributed by atoms with Gasteiger partial charge in [-0.15, -0.1) is 0 Å². The Morgan fingerprint density at radius 2 is 0.784 bits per heavy atom. The number of rotatable bonds is 5. The Balaban J connectivity index is 1.12. The number of hydrogen-bond acceptors (Lipinski definition) is 1. The zero-order valence-electron chi connectivity index (χ0n) is 28.0. The van der Waals surface area contributed by atoms with Crippen LogP contribution in [0.1, 0.15) is 0 Å². The van der Waals surface area contributed by atoms with E-state index >= 15 is 0 Å². The summed E-state index contributed by atoms with van der Waals surface area (Å²) in [6.07, 6.45) is 0. The van der Waals surface area contributed by atoms with E-state index in [-0.39, 0.29) is 0 Å². The van der Waals surface area contributed by atoms with E-state index in [2.05, 4.69) is 205 Å². The van der Waals surface area contributed by atoms with Crippen LogP contribution in [0.15, 0.2) is 200 Å². The largest absolute Gasteiger partial charge is 0.310 e. The summed E-state index contributed by atoms with van der Waals surface area (Å²) in [6, 6.07) is 73.0. The topological polar surface area (TPSA) is 3.24 Å². The van der Waals surface area contributed by atoms with Crippen molar-refractivity contribution in [1.29, 1.82) is 0 Å².